The fourth-order valence-corrected chi connectivity index (χ4v) is 9.13. The molecule has 1 spiro atoms. The predicted octanol–water partition coefficient (Wildman–Crippen LogP) is 8.99. The van der Waals surface area contributed by atoms with Crippen LogP contribution >= 0.6 is 0 Å². The molecule has 2 N–H and O–H groups in total. The van der Waals surface area contributed by atoms with Crippen LogP contribution in [0.25, 0.3) is 11.1 Å². The van der Waals surface area contributed by atoms with Gasteiger partial charge in [0.1, 0.15) is 11.6 Å². The van der Waals surface area contributed by atoms with E-state index >= 15 is 0 Å². The fourth-order valence-electron chi connectivity index (χ4n) is 9.13. The van der Waals surface area contributed by atoms with Gasteiger partial charge in [0.05, 0.1) is 6.61 Å². The van der Waals surface area contributed by atoms with Crippen molar-refractivity contribution in [2.24, 2.45) is 34.5 Å². The molecule has 228 valence electrons. The van der Waals surface area contributed by atoms with Crippen LogP contribution in [0.2, 0.25) is 0 Å². The normalized spacial score (nSPS) is 32.9. The zero-order chi connectivity index (χ0) is 29.8. The Morgan fingerprint density at radius 3 is 2.31 bits per heavy atom. The van der Waals surface area contributed by atoms with E-state index in [1.807, 2.05) is 13.0 Å². The molecule has 0 aromatic heterocycles. The molecule has 4 saturated carbocycles. The molecule has 0 saturated heterocycles. The smallest absolute Gasteiger partial charge is 0.156 e. The lowest BCUT2D eigenvalue weighted by molar-refractivity contribution is -0.145. The molecule has 4 aliphatic carbocycles. The maximum atomic E-state index is 14.1. The first-order valence-electron chi connectivity index (χ1n) is 16.7. The van der Waals surface area contributed by atoms with E-state index < -0.39 is 6.29 Å². The molecule has 42 heavy (non-hydrogen) atoms. The monoisotopic (exact) mass is 574 g/mol. The highest BCUT2D eigenvalue weighted by molar-refractivity contribution is 5.74. The van der Waals surface area contributed by atoms with Gasteiger partial charge < -0.3 is 14.9 Å². The number of hydrogen-bond donors (Lipinski definition) is 2. The van der Waals surface area contributed by atoms with Crippen molar-refractivity contribution in [2.45, 2.75) is 111 Å². The third kappa shape index (κ3) is 5.36. The molecule has 2 atom stereocenters. The third-order valence-electron chi connectivity index (χ3n) is 12.1. The number of halogens is 1. The maximum Gasteiger partial charge on any atom is 0.156 e. The van der Waals surface area contributed by atoms with Crippen LogP contribution in [-0.2, 0) is 12.8 Å². The number of hydrogen-bond acceptors (Lipinski definition) is 3. The highest BCUT2D eigenvalue weighted by atomic mass is 19.1. The van der Waals surface area contributed by atoms with Gasteiger partial charge in [-0.15, -0.1) is 0 Å². The Balaban J connectivity index is 1.19. The summed E-state index contributed by atoms with van der Waals surface area (Å²) in [5, 5.41) is 19.8. The lowest BCUT2D eigenvalue weighted by atomic mass is 9.55. The van der Waals surface area contributed by atoms with Crippen molar-refractivity contribution in [3.05, 3.63) is 65.0 Å². The van der Waals surface area contributed by atoms with Crippen molar-refractivity contribution < 1.29 is 19.3 Å². The molecule has 0 heterocycles. The van der Waals surface area contributed by atoms with E-state index in [-0.39, 0.29) is 11.2 Å². The third-order valence-corrected chi connectivity index (χ3v) is 12.1. The van der Waals surface area contributed by atoms with Gasteiger partial charge in [-0.2, -0.15) is 0 Å². The summed E-state index contributed by atoms with van der Waals surface area (Å²) >= 11 is 0. The van der Waals surface area contributed by atoms with E-state index in [0.717, 1.165) is 55.4 Å². The topological polar surface area (TPSA) is 49.7 Å². The van der Waals surface area contributed by atoms with Crippen LogP contribution in [0.3, 0.4) is 0 Å². The van der Waals surface area contributed by atoms with Crippen molar-refractivity contribution >= 4 is 0 Å². The summed E-state index contributed by atoms with van der Waals surface area (Å²) in [4.78, 5) is 0. The Labute approximate surface area is 252 Å². The molecule has 2 unspecified atom stereocenters. The van der Waals surface area contributed by atoms with Gasteiger partial charge in [0.15, 0.2) is 6.29 Å². The van der Waals surface area contributed by atoms with E-state index in [0.29, 0.717) is 41.6 Å². The van der Waals surface area contributed by atoms with E-state index in [1.54, 1.807) is 12.1 Å². The van der Waals surface area contributed by atoms with Gasteiger partial charge in [0.2, 0.25) is 0 Å². The second-order valence-electron chi connectivity index (χ2n) is 14.7. The van der Waals surface area contributed by atoms with Crippen LogP contribution in [-0.4, -0.2) is 23.1 Å². The van der Waals surface area contributed by atoms with Crippen molar-refractivity contribution in [2.75, 3.05) is 6.61 Å². The Bertz CT molecular complexity index is 1310. The Morgan fingerprint density at radius 2 is 1.69 bits per heavy atom. The molecule has 0 radical (unpaired) electrons. The summed E-state index contributed by atoms with van der Waals surface area (Å²) in [5.41, 5.74) is 7.68. The summed E-state index contributed by atoms with van der Waals surface area (Å²) in [6.07, 6.45) is 10.8. The summed E-state index contributed by atoms with van der Waals surface area (Å²) < 4.78 is 20.4. The molecular formula is C38H51FO3. The molecule has 4 aliphatic rings. The minimum absolute atomic E-state index is 0.166. The Kier molecular flexibility index (Phi) is 8.11. The first kappa shape index (κ1) is 29.9. The Hall–Kier alpha value is -2.17. The number of benzene rings is 2. The maximum absolute atomic E-state index is 14.1. The van der Waals surface area contributed by atoms with Crippen molar-refractivity contribution in [3.8, 4) is 16.9 Å². The molecule has 4 fully saturated rings. The summed E-state index contributed by atoms with van der Waals surface area (Å²) in [6, 6.07) is 9.96. The van der Waals surface area contributed by atoms with Crippen LogP contribution in [0.15, 0.2) is 42.5 Å². The molecule has 2 aromatic carbocycles. The quantitative estimate of drug-likeness (QED) is 0.232. The van der Waals surface area contributed by atoms with Crippen molar-refractivity contribution in [1.82, 2.24) is 0 Å². The molecule has 4 heteroatoms. The summed E-state index contributed by atoms with van der Waals surface area (Å²) in [5.74, 6) is 3.85. The van der Waals surface area contributed by atoms with Crippen LogP contribution in [0, 0.1) is 40.3 Å². The number of aryl methyl sites for hydroxylation is 1. The molecule has 0 aliphatic heterocycles. The minimum Gasteiger partial charge on any atom is -0.494 e. The predicted molar refractivity (Wildman–Crippen MR) is 168 cm³/mol. The van der Waals surface area contributed by atoms with Crippen molar-refractivity contribution in [1.29, 1.82) is 0 Å². The van der Waals surface area contributed by atoms with Gasteiger partial charge in [0, 0.05) is 5.41 Å². The van der Waals surface area contributed by atoms with Gasteiger partial charge in [-0.1, -0.05) is 45.1 Å². The molecule has 2 aromatic rings. The number of aliphatic hydroxyl groups is 2. The molecular weight excluding hydrogens is 523 g/mol. The lowest BCUT2D eigenvalue weighted by Gasteiger charge is -2.49. The SMILES string of the molecule is C=C1C(C2CCC(C)(C(O)O)CC2)CC2(CC(Cc3cc(C4CC4)c(-c4ccc(F)cc4CC)cc3OCC)C2)C1C. The van der Waals surface area contributed by atoms with E-state index in [4.69, 9.17) is 4.74 Å². The van der Waals surface area contributed by atoms with E-state index in [9.17, 15) is 14.6 Å². The van der Waals surface area contributed by atoms with E-state index in [1.165, 1.54) is 54.4 Å². The standard InChI is InChI=1S/C38H51FO3/c1-6-26-17-30(39)10-11-31(26)33-19-35(42-7-2)29(18-32(33)27-8-9-27)16-25-20-38(21-25)22-34(23(3)24(38)4)28-12-14-37(5,15-13-28)36(40)41/h10-11,17-19,24-25,27-28,34,36,40-41H,3,6-9,12-16,20-22H2,1-2,4-5H3. The summed E-state index contributed by atoms with van der Waals surface area (Å²) in [7, 11) is 0. The number of rotatable bonds is 9. The van der Waals surface area contributed by atoms with Gasteiger partial charge >= 0.3 is 0 Å². The zero-order valence-corrected chi connectivity index (χ0v) is 26.2. The first-order valence-corrected chi connectivity index (χ1v) is 16.7. The first-order chi connectivity index (χ1) is 20.1. The lowest BCUT2D eigenvalue weighted by Crippen LogP contribution is -2.41. The second-order valence-corrected chi connectivity index (χ2v) is 14.7. The molecule has 6 rings (SSSR count). The summed E-state index contributed by atoms with van der Waals surface area (Å²) in [6.45, 7) is 13.9. The van der Waals surface area contributed by atoms with E-state index in [2.05, 4.69) is 39.5 Å². The van der Waals surface area contributed by atoms with Crippen LogP contribution < -0.4 is 4.74 Å². The van der Waals surface area contributed by atoms with Crippen LogP contribution in [0.4, 0.5) is 4.39 Å². The van der Waals surface area contributed by atoms with Gasteiger partial charge in [0.25, 0.3) is 0 Å². The van der Waals surface area contributed by atoms with Gasteiger partial charge in [-0.25, -0.2) is 4.39 Å². The zero-order valence-electron chi connectivity index (χ0n) is 26.2. The average molecular weight is 575 g/mol. The number of aliphatic hydroxyl groups excluding tert-OH is 1. The van der Waals surface area contributed by atoms with Crippen molar-refractivity contribution in [3.63, 3.8) is 0 Å². The second kappa shape index (κ2) is 11.4. The fraction of sp³-hybridized carbons (Fsp3) is 0.632. The highest BCUT2D eigenvalue weighted by Gasteiger charge is 2.56. The van der Waals surface area contributed by atoms with Gasteiger partial charge in [-0.05, 0) is 159 Å². The molecule has 3 nitrogen and oxygen atoms in total. The molecule has 0 bridgehead atoms. The number of allylic oxidation sites excluding steroid dienone is 1. The van der Waals surface area contributed by atoms with Crippen LogP contribution in [0.5, 0.6) is 5.75 Å². The van der Waals surface area contributed by atoms with Gasteiger partial charge in [-0.3, -0.25) is 0 Å². The van der Waals surface area contributed by atoms with Crippen LogP contribution in [0.1, 0.15) is 108 Å². The highest BCUT2D eigenvalue weighted by Crippen LogP contribution is 2.65. The minimum atomic E-state index is -1.22. The number of ether oxygens (including phenoxy) is 1. The molecule has 0 amide bonds. The largest absolute Gasteiger partial charge is 0.494 e. The average Bonchev–Trinajstić information content (AvgIpc) is 3.76. The Morgan fingerprint density at radius 1 is 0.976 bits per heavy atom.